The number of aromatic nitrogens is 1. The summed E-state index contributed by atoms with van der Waals surface area (Å²) in [6, 6.07) is 6.21. The zero-order chi connectivity index (χ0) is 14.7. The van der Waals surface area contributed by atoms with Crippen molar-refractivity contribution in [2.75, 3.05) is 25.1 Å². The average molecular weight is 286 g/mol. The number of hydrogen-bond acceptors (Lipinski definition) is 4. The molecule has 0 saturated heterocycles. The molecule has 2 aromatic rings. The summed E-state index contributed by atoms with van der Waals surface area (Å²) in [6.45, 7) is 6.52. The van der Waals surface area contributed by atoms with Crippen LogP contribution in [0.25, 0.3) is 10.9 Å². The summed E-state index contributed by atoms with van der Waals surface area (Å²) < 4.78 is 11.4. The number of nitrogens with zero attached hydrogens (tertiary/aromatic N) is 1. The van der Waals surface area contributed by atoms with E-state index in [9.17, 15) is 0 Å². The molecule has 1 aliphatic rings. The Balaban J connectivity index is 2.10. The lowest BCUT2D eigenvalue weighted by Crippen LogP contribution is -2.15. The molecule has 0 amide bonds. The number of anilines is 1. The van der Waals surface area contributed by atoms with Crippen LogP contribution in [0.1, 0.15) is 32.4 Å². The van der Waals surface area contributed by atoms with Crippen LogP contribution in [0.4, 0.5) is 5.69 Å². The van der Waals surface area contributed by atoms with E-state index in [2.05, 4.69) is 25.2 Å². The van der Waals surface area contributed by atoms with Gasteiger partial charge in [0.2, 0.25) is 0 Å². The van der Waals surface area contributed by atoms with Gasteiger partial charge < -0.3 is 14.8 Å². The molecule has 1 N–H and O–H groups in total. The maximum atomic E-state index is 5.69. The molecule has 112 valence electrons. The molecule has 4 nitrogen and oxygen atoms in total. The highest BCUT2D eigenvalue weighted by Crippen LogP contribution is 2.37. The van der Waals surface area contributed by atoms with E-state index in [1.807, 2.05) is 12.1 Å². The van der Waals surface area contributed by atoms with Gasteiger partial charge >= 0.3 is 0 Å². The van der Waals surface area contributed by atoms with Crippen molar-refractivity contribution in [3.8, 4) is 11.5 Å². The van der Waals surface area contributed by atoms with Crippen LogP contribution in [0.2, 0.25) is 0 Å². The van der Waals surface area contributed by atoms with Gasteiger partial charge in [-0.2, -0.15) is 0 Å². The summed E-state index contributed by atoms with van der Waals surface area (Å²) >= 11 is 0. The van der Waals surface area contributed by atoms with Gasteiger partial charge in [-0.1, -0.05) is 20.3 Å². The molecule has 0 saturated carbocycles. The van der Waals surface area contributed by atoms with Gasteiger partial charge in [0.1, 0.15) is 13.2 Å². The monoisotopic (exact) mass is 286 g/mol. The van der Waals surface area contributed by atoms with Crippen molar-refractivity contribution in [1.29, 1.82) is 0 Å². The minimum absolute atomic E-state index is 0.605. The predicted molar refractivity (Wildman–Crippen MR) is 85.5 cm³/mol. The Morgan fingerprint density at radius 2 is 1.81 bits per heavy atom. The van der Waals surface area contributed by atoms with Gasteiger partial charge in [0.05, 0.1) is 5.52 Å². The Labute approximate surface area is 125 Å². The maximum absolute atomic E-state index is 5.69. The number of aryl methyl sites for hydroxylation is 1. The van der Waals surface area contributed by atoms with E-state index in [1.54, 1.807) is 0 Å². The summed E-state index contributed by atoms with van der Waals surface area (Å²) in [5, 5.41) is 4.61. The van der Waals surface area contributed by atoms with Crippen LogP contribution < -0.4 is 14.8 Å². The van der Waals surface area contributed by atoms with Crippen LogP contribution in [0.15, 0.2) is 18.2 Å². The molecule has 0 radical (unpaired) electrons. The van der Waals surface area contributed by atoms with Gasteiger partial charge in [-0.25, -0.2) is 0 Å². The smallest absolute Gasteiger partial charge is 0.163 e. The topological polar surface area (TPSA) is 43.4 Å². The number of hydrogen-bond donors (Lipinski definition) is 1. The first-order valence-corrected chi connectivity index (χ1v) is 7.79. The molecule has 3 rings (SSSR count). The molecular weight excluding hydrogens is 264 g/mol. The second-order valence-electron chi connectivity index (χ2n) is 5.35. The van der Waals surface area contributed by atoms with Crippen LogP contribution in [-0.4, -0.2) is 24.7 Å². The molecule has 0 fully saturated rings. The van der Waals surface area contributed by atoms with Crippen LogP contribution in [0.5, 0.6) is 11.5 Å². The molecule has 0 atom stereocenters. The van der Waals surface area contributed by atoms with Gasteiger partial charge in [-0.15, -0.1) is 0 Å². The fraction of sp³-hybridized carbons (Fsp3) is 0.471. The Morgan fingerprint density at radius 3 is 2.52 bits per heavy atom. The molecule has 1 aromatic carbocycles. The van der Waals surface area contributed by atoms with Crippen molar-refractivity contribution in [3.63, 3.8) is 0 Å². The Bertz CT molecular complexity index is 640. The normalized spacial score (nSPS) is 13.4. The van der Waals surface area contributed by atoms with Gasteiger partial charge in [-0.3, -0.25) is 4.98 Å². The fourth-order valence-electron chi connectivity index (χ4n) is 2.61. The number of benzene rings is 1. The lowest BCUT2D eigenvalue weighted by Gasteiger charge is -2.20. The first-order valence-electron chi connectivity index (χ1n) is 7.79. The van der Waals surface area contributed by atoms with Crippen LogP contribution in [0.3, 0.4) is 0 Å². The molecule has 21 heavy (non-hydrogen) atoms. The minimum atomic E-state index is 0.605. The maximum Gasteiger partial charge on any atom is 0.163 e. The molecule has 4 heteroatoms. The van der Waals surface area contributed by atoms with Crippen molar-refractivity contribution in [2.24, 2.45) is 0 Å². The lowest BCUT2D eigenvalue weighted by molar-refractivity contribution is 0.172. The van der Waals surface area contributed by atoms with Crippen LogP contribution >= 0.6 is 0 Å². The third kappa shape index (κ3) is 2.89. The summed E-state index contributed by atoms with van der Waals surface area (Å²) in [5.74, 6) is 1.62. The van der Waals surface area contributed by atoms with Crippen molar-refractivity contribution in [1.82, 2.24) is 4.98 Å². The minimum Gasteiger partial charge on any atom is -0.486 e. The van der Waals surface area contributed by atoms with Gasteiger partial charge in [0.25, 0.3) is 0 Å². The molecule has 0 unspecified atom stereocenters. The summed E-state index contributed by atoms with van der Waals surface area (Å²) in [5.41, 5.74) is 3.24. The van der Waals surface area contributed by atoms with Crippen molar-refractivity contribution in [2.45, 2.75) is 33.1 Å². The average Bonchev–Trinajstić information content (AvgIpc) is 2.51. The van der Waals surface area contributed by atoms with Gasteiger partial charge in [0, 0.05) is 29.4 Å². The highest BCUT2D eigenvalue weighted by atomic mass is 16.6. The zero-order valence-corrected chi connectivity index (χ0v) is 12.7. The Hall–Kier alpha value is -1.97. The third-order valence-corrected chi connectivity index (χ3v) is 3.60. The molecule has 2 heterocycles. The number of fused-ring (bicyclic) bond motifs is 2. The number of pyridine rings is 1. The Kier molecular flexibility index (Phi) is 4.13. The van der Waals surface area contributed by atoms with Gasteiger partial charge in [0.15, 0.2) is 11.5 Å². The van der Waals surface area contributed by atoms with E-state index in [0.29, 0.717) is 13.2 Å². The summed E-state index contributed by atoms with van der Waals surface area (Å²) in [7, 11) is 0. The highest BCUT2D eigenvalue weighted by Gasteiger charge is 2.15. The van der Waals surface area contributed by atoms with Crippen molar-refractivity contribution < 1.29 is 9.47 Å². The first kappa shape index (κ1) is 14.0. The Morgan fingerprint density at radius 1 is 1.05 bits per heavy atom. The molecule has 0 spiro atoms. The van der Waals surface area contributed by atoms with E-state index >= 15 is 0 Å². The van der Waals surface area contributed by atoms with Crippen LogP contribution in [-0.2, 0) is 6.42 Å². The largest absolute Gasteiger partial charge is 0.486 e. The zero-order valence-electron chi connectivity index (χ0n) is 12.7. The number of nitrogens with one attached hydrogen (secondary N) is 1. The summed E-state index contributed by atoms with van der Waals surface area (Å²) in [6.07, 6.45) is 3.18. The second-order valence-corrected chi connectivity index (χ2v) is 5.35. The fourth-order valence-corrected chi connectivity index (χ4v) is 2.61. The second kappa shape index (κ2) is 6.20. The van der Waals surface area contributed by atoms with E-state index in [0.717, 1.165) is 59.6 Å². The quantitative estimate of drug-likeness (QED) is 0.908. The lowest BCUT2D eigenvalue weighted by atomic mass is 10.1. The van der Waals surface area contributed by atoms with Crippen molar-refractivity contribution >= 4 is 16.6 Å². The van der Waals surface area contributed by atoms with E-state index < -0.39 is 0 Å². The SMILES string of the molecule is CCCNc1cc(CCC)nc2cc3c(cc12)OCCO3. The molecule has 1 aliphatic heterocycles. The highest BCUT2D eigenvalue weighted by molar-refractivity contribution is 5.94. The molecular formula is C17H22N2O2. The van der Waals surface area contributed by atoms with Crippen molar-refractivity contribution in [3.05, 3.63) is 23.9 Å². The van der Waals surface area contributed by atoms with E-state index in [1.165, 1.54) is 0 Å². The molecule has 0 bridgehead atoms. The van der Waals surface area contributed by atoms with Gasteiger partial charge in [-0.05, 0) is 25.0 Å². The standard InChI is InChI=1S/C17H22N2O2/c1-3-5-12-9-14(18-6-4-2)13-10-16-17(11-15(13)19-12)21-8-7-20-16/h9-11H,3-8H2,1-2H3,(H,18,19). The third-order valence-electron chi connectivity index (χ3n) is 3.60. The van der Waals surface area contributed by atoms with E-state index in [4.69, 9.17) is 14.5 Å². The molecule has 1 aromatic heterocycles. The number of rotatable bonds is 5. The van der Waals surface area contributed by atoms with E-state index in [-0.39, 0.29) is 0 Å². The predicted octanol–water partition coefficient (Wildman–Crippen LogP) is 3.78. The first-order chi connectivity index (χ1) is 10.3. The summed E-state index contributed by atoms with van der Waals surface area (Å²) in [4.78, 5) is 4.77. The molecule has 0 aliphatic carbocycles. The number of ether oxygens (including phenoxy) is 2. The van der Waals surface area contributed by atoms with Crippen LogP contribution in [0, 0.1) is 0 Å².